The Bertz CT molecular complexity index is 370. The Labute approximate surface area is 69.0 Å². The molecule has 0 spiro atoms. The third-order valence-electron chi connectivity index (χ3n) is 1.52. The molecule has 12 heavy (non-hydrogen) atoms. The first-order valence-electron chi connectivity index (χ1n) is 3.49. The summed E-state index contributed by atoms with van der Waals surface area (Å²) >= 11 is 0. The molecule has 0 aliphatic carbocycles. The molecule has 0 radical (unpaired) electrons. The Morgan fingerprint density at radius 2 is 2.25 bits per heavy atom. The number of nitrogens with zero attached hydrogens (tertiary/aromatic N) is 2. The molecule has 0 amide bonds. The van der Waals surface area contributed by atoms with Gasteiger partial charge >= 0.3 is 0 Å². The maximum Gasteiger partial charge on any atom is 0.134 e. The number of aromatic nitrogens is 2. The first kappa shape index (κ1) is 6.84. The number of anilines is 1. The van der Waals surface area contributed by atoms with Crippen molar-refractivity contribution >= 4 is 5.69 Å². The fourth-order valence-corrected chi connectivity index (χ4v) is 0.966. The predicted octanol–water partition coefficient (Wildman–Crippen LogP) is 1.32. The highest BCUT2D eigenvalue weighted by Gasteiger charge is 2.04. The van der Waals surface area contributed by atoms with Gasteiger partial charge in [-0.15, -0.1) is 0 Å². The van der Waals surface area contributed by atoms with E-state index in [2.05, 4.69) is 14.7 Å². The maximum atomic E-state index is 5.67. The summed E-state index contributed by atoms with van der Waals surface area (Å²) in [5.74, 6) is 0. The van der Waals surface area contributed by atoms with Crippen LogP contribution in [0.3, 0.4) is 0 Å². The molecular formula is C8H7N3O. The second-order valence-electron chi connectivity index (χ2n) is 2.33. The van der Waals surface area contributed by atoms with Gasteiger partial charge < -0.3 is 10.3 Å². The van der Waals surface area contributed by atoms with Crippen LogP contribution < -0.4 is 5.73 Å². The molecule has 0 unspecified atom stereocenters. The van der Waals surface area contributed by atoms with Gasteiger partial charge in [0.25, 0.3) is 0 Å². The molecule has 2 N–H and O–H groups in total. The maximum absolute atomic E-state index is 5.67. The zero-order chi connectivity index (χ0) is 8.39. The van der Waals surface area contributed by atoms with Crippen molar-refractivity contribution in [2.24, 2.45) is 0 Å². The molecule has 2 aromatic heterocycles. The summed E-state index contributed by atoms with van der Waals surface area (Å²) in [5, 5.41) is 3.73. The summed E-state index contributed by atoms with van der Waals surface area (Å²) in [6.45, 7) is 0. The first-order chi connectivity index (χ1) is 5.88. The number of pyridine rings is 1. The molecule has 4 nitrogen and oxygen atoms in total. The van der Waals surface area contributed by atoms with E-state index in [0.29, 0.717) is 17.1 Å². The van der Waals surface area contributed by atoms with Crippen molar-refractivity contribution in [1.82, 2.24) is 10.1 Å². The van der Waals surface area contributed by atoms with E-state index in [1.54, 1.807) is 24.4 Å². The van der Waals surface area contributed by atoms with E-state index < -0.39 is 0 Å². The van der Waals surface area contributed by atoms with Crippen molar-refractivity contribution in [1.29, 1.82) is 0 Å². The van der Waals surface area contributed by atoms with Gasteiger partial charge in [-0.05, 0) is 12.1 Å². The third kappa shape index (κ3) is 1.03. The van der Waals surface area contributed by atoms with E-state index in [-0.39, 0.29) is 0 Å². The Morgan fingerprint density at radius 3 is 2.92 bits per heavy atom. The molecule has 2 aromatic rings. The molecule has 0 fully saturated rings. The monoisotopic (exact) mass is 161 g/mol. The van der Waals surface area contributed by atoms with Crippen molar-refractivity contribution in [3.05, 3.63) is 30.7 Å². The van der Waals surface area contributed by atoms with Crippen molar-refractivity contribution in [3.63, 3.8) is 0 Å². The fraction of sp³-hybridized carbons (Fsp3) is 0. The number of nitrogen functional groups attached to an aromatic ring is 1. The van der Waals surface area contributed by atoms with E-state index >= 15 is 0 Å². The lowest BCUT2D eigenvalue weighted by atomic mass is 10.2. The summed E-state index contributed by atoms with van der Waals surface area (Å²) in [7, 11) is 0. The molecule has 0 aliphatic rings. The van der Waals surface area contributed by atoms with E-state index in [9.17, 15) is 0 Å². The number of hydrogen-bond acceptors (Lipinski definition) is 4. The fourth-order valence-electron chi connectivity index (χ4n) is 0.966. The quantitative estimate of drug-likeness (QED) is 0.685. The highest BCUT2D eigenvalue weighted by molar-refractivity contribution is 5.68. The second-order valence-corrected chi connectivity index (χ2v) is 2.33. The van der Waals surface area contributed by atoms with Crippen LogP contribution in [-0.2, 0) is 0 Å². The van der Waals surface area contributed by atoms with Crippen LogP contribution in [0.25, 0.3) is 11.4 Å². The minimum Gasteiger partial charge on any atom is -0.397 e. The van der Waals surface area contributed by atoms with Gasteiger partial charge in [-0.25, -0.2) is 0 Å². The van der Waals surface area contributed by atoms with Gasteiger partial charge in [-0.2, -0.15) is 0 Å². The Balaban J connectivity index is 2.55. The summed E-state index contributed by atoms with van der Waals surface area (Å²) in [4.78, 5) is 4.07. The number of hydrogen-bond donors (Lipinski definition) is 1. The molecule has 60 valence electrons. The topological polar surface area (TPSA) is 64.9 Å². The van der Waals surface area contributed by atoms with Crippen LogP contribution in [0.5, 0.6) is 0 Å². The molecule has 2 heterocycles. The molecule has 0 bridgehead atoms. The normalized spacial score (nSPS) is 10.0. The van der Waals surface area contributed by atoms with E-state index in [0.717, 1.165) is 0 Å². The van der Waals surface area contributed by atoms with Crippen molar-refractivity contribution in [2.45, 2.75) is 0 Å². The highest BCUT2D eigenvalue weighted by atomic mass is 16.5. The first-order valence-corrected chi connectivity index (χ1v) is 3.49. The summed E-state index contributed by atoms with van der Waals surface area (Å²) in [6, 6.07) is 5.27. The molecular weight excluding hydrogens is 154 g/mol. The van der Waals surface area contributed by atoms with Crippen molar-refractivity contribution in [2.75, 3.05) is 5.73 Å². The zero-order valence-corrected chi connectivity index (χ0v) is 6.27. The average Bonchev–Trinajstić information content (AvgIpc) is 2.57. The van der Waals surface area contributed by atoms with E-state index in [4.69, 9.17) is 5.73 Å². The summed E-state index contributed by atoms with van der Waals surface area (Å²) in [5.41, 5.74) is 7.59. The summed E-state index contributed by atoms with van der Waals surface area (Å²) in [6.07, 6.45) is 3.16. The van der Waals surface area contributed by atoms with Crippen LogP contribution in [0.2, 0.25) is 0 Å². The zero-order valence-electron chi connectivity index (χ0n) is 6.27. The van der Waals surface area contributed by atoms with E-state index in [1.165, 1.54) is 6.26 Å². The molecule has 0 aliphatic heterocycles. The van der Waals surface area contributed by atoms with Gasteiger partial charge in [-0.3, -0.25) is 4.98 Å². The minimum atomic E-state index is 0.603. The second kappa shape index (κ2) is 2.65. The standard InChI is InChI=1S/C8H7N3O/c9-6-2-1-4-10-8(6)7-3-5-12-11-7/h1-5H,9H2. The summed E-state index contributed by atoms with van der Waals surface area (Å²) < 4.78 is 4.68. The van der Waals surface area contributed by atoms with E-state index in [1.807, 2.05) is 0 Å². The lowest BCUT2D eigenvalue weighted by Gasteiger charge is -1.97. The smallest absolute Gasteiger partial charge is 0.134 e. The van der Waals surface area contributed by atoms with Gasteiger partial charge in [0.15, 0.2) is 0 Å². The van der Waals surface area contributed by atoms with Crippen LogP contribution in [0, 0.1) is 0 Å². The van der Waals surface area contributed by atoms with Crippen LogP contribution in [0.4, 0.5) is 5.69 Å². The molecule has 0 saturated carbocycles. The van der Waals surface area contributed by atoms with Gasteiger partial charge in [0.05, 0.1) is 5.69 Å². The Morgan fingerprint density at radius 1 is 1.33 bits per heavy atom. The average molecular weight is 161 g/mol. The van der Waals surface area contributed by atoms with Crippen LogP contribution in [0.1, 0.15) is 0 Å². The molecule has 2 rings (SSSR count). The Hall–Kier alpha value is -1.84. The third-order valence-corrected chi connectivity index (χ3v) is 1.52. The van der Waals surface area contributed by atoms with Gasteiger partial charge in [0.1, 0.15) is 17.7 Å². The predicted molar refractivity (Wildman–Crippen MR) is 44.1 cm³/mol. The number of rotatable bonds is 1. The molecule has 0 atom stereocenters. The SMILES string of the molecule is Nc1cccnc1-c1ccon1. The van der Waals surface area contributed by atoms with Crippen LogP contribution in [0.15, 0.2) is 35.2 Å². The Kier molecular flexibility index (Phi) is 1.51. The number of nitrogens with two attached hydrogens (primary N) is 1. The molecule has 0 aromatic carbocycles. The van der Waals surface area contributed by atoms with Crippen molar-refractivity contribution in [3.8, 4) is 11.4 Å². The molecule has 0 saturated heterocycles. The lowest BCUT2D eigenvalue weighted by molar-refractivity contribution is 0.422. The lowest BCUT2D eigenvalue weighted by Crippen LogP contribution is -1.91. The van der Waals surface area contributed by atoms with Gasteiger partial charge in [0.2, 0.25) is 0 Å². The largest absolute Gasteiger partial charge is 0.397 e. The molecule has 4 heteroatoms. The van der Waals surface area contributed by atoms with Gasteiger partial charge in [0, 0.05) is 12.3 Å². The minimum absolute atomic E-state index is 0.603. The highest BCUT2D eigenvalue weighted by Crippen LogP contribution is 2.19. The van der Waals surface area contributed by atoms with Crippen molar-refractivity contribution < 1.29 is 4.52 Å². The van der Waals surface area contributed by atoms with Crippen LogP contribution in [-0.4, -0.2) is 10.1 Å². The van der Waals surface area contributed by atoms with Crippen LogP contribution >= 0.6 is 0 Å². The van der Waals surface area contributed by atoms with Gasteiger partial charge in [-0.1, -0.05) is 5.16 Å².